The fourth-order valence-corrected chi connectivity index (χ4v) is 3.30. The summed E-state index contributed by atoms with van der Waals surface area (Å²) in [6.45, 7) is 2.07. The van der Waals surface area contributed by atoms with Crippen molar-refractivity contribution in [3.8, 4) is 11.5 Å². The van der Waals surface area contributed by atoms with Gasteiger partial charge in [-0.3, -0.25) is 0 Å². The zero-order valence-electron chi connectivity index (χ0n) is 16.8. The first-order valence-corrected chi connectivity index (χ1v) is 9.47. The Kier molecular flexibility index (Phi) is 6.59. The molecule has 0 spiro atoms. The lowest BCUT2D eigenvalue weighted by Gasteiger charge is -2.36. The van der Waals surface area contributed by atoms with Gasteiger partial charge in [0.05, 0.1) is 19.8 Å². The van der Waals surface area contributed by atoms with Crippen LogP contribution in [0.2, 0.25) is 0 Å². The zero-order valence-corrected chi connectivity index (χ0v) is 16.8. The maximum atomic E-state index is 12.9. The van der Waals surface area contributed by atoms with Crippen LogP contribution < -0.4 is 19.7 Å². The molecule has 30 heavy (non-hydrogen) atoms. The summed E-state index contributed by atoms with van der Waals surface area (Å²) in [6.07, 6.45) is -4.37. The lowest BCUT2D eigenvalue weighted by molar-refractivity contribution is -0.137. The highest BCUT2D eigenvalue weighted by Gasteiger charge is 2.31. The van der Waals surface area contributed by atoms with Crippen molar-refractivity contribution in [1.29, 1.82) is 0 Å². The molecule has 0 saturated carbocycles. The Morgan fingerprint density at radius 3 is 2.20 bits per heavy atom. The van der Waals surface area contributed by atoms with E-state index < -0.39 is 11.7 Å². The van der Waals surface area contributed by atoms with Crippen LogP contribution in [0.1, 0.15) is 11.1 Å². The first kappa shape index (κ1) is 21.6. The maximum absolute atomic E-state index is 12.9. The molecule has 0 bridgehead atoms. The Morgan fingerprint density at radius 1 is 1.00 bits per heavy atom. The number of amides is 2. The number of piperazine rings is 1. The van der Waals surface area contributed by atoms with Crippen molar-refractivity contribution < 1.29 is 27.4 Å². The van der Waals surface area contributed by atoms with E-state index in [1.807, 2.05) is 17.0 Å². The van der Waals surface area contributed by atoms with Crippen molar-refractivity contribution in [2.75, 3.05) is 45.3 Å². The van der Waals surface area contributed by atoms with Gasteiger partial charge in [-0.1, -0.05) is 6.07 Å². The van der Waals surface area contributed by atoms with Gasteiger partial charge < -0.3 is 24.6 Å². The van der Waals surface area contributed by atoms with Crippen LogP contribution in [-0.4, -0.2) is 51.3 Å². The van der Waals surface area contributed by atoms with Gasteiger partial charge in [0, 0.05) is 44.5 Å². The largest absolute Gasteiger partial charge is 0.497 e. The van der Waals surface area contributed by atoms with Crippen molar-refractivity contribution in [2.24, 2.45) is 0 Å². The molecule has 9 heteroatoms. The average Bonchev–Trinajstić information content (AvgIpc) is 2.76. The van der Waals surface area contributed by atoms with E-state index in [9.17, 15) is 18.0 Å². The van der Waals surface area contributed by atoms with E-state index in [1.165, 1.54) is 6.07 Å². The first-order chi connectivity index (χ1) is 14.3. The van der Waals surface area contributed by atoms with Crippen LogP contribution in [0.3, 0.4) is 0 Å². The Morgan fingerprint density at radius 2 is 1.63 bits per heavy atom. The molecule has 0 aromatic heterocycles. The molecular formula is C21H24F3N3O3. The SMILES string of the molecule is COc1cc(CNC(=O)N2CCN(c3cccc(C(F)(F)F)c3)CC2)cc(OC)c1. The second-order valence-electron chi connectivity index (χ2n) is 6.90. The molecule has 1 heterocycles. The molecule has 2 aromatic carbocycles. The van der Waals surface area contributed by atoms with Crippen LogP contribution in [0.15, 0.2) is 42.5 Å². The summed E-state index contributed by atoms with van der Waals surface area (Å²) < 4.78 is 49.2. The number of hydrogen-bond acceptors (Lipinski definition) is 4. The third kappa shape index (κ3) is 5.28. The molecule has 2 aromatic rings. The summed E-state index contributed by atoms with van der Waals surface area (Å²) in [7, 11) is 3.11. The number of carbonyl (C=O) groups is 1. The van der Waals surface area contributed by atoms with E-state index in [0.29, 0.717) is 49.9 Å². The van der Waals surface area contributed by atoms with E-state index >= 15 is 0 Å². The van der Waals surface area contributed by atoms with Gasteiger partial charge in [-0.2, -0.15) is 13.2 Å². The highest BCUT2D eigenvalue weighted by molar-refractivity contribution is 5.74. The lowest BCUT2D eigenvalue weighted by atomic mass is 10.1. The number of nitrogens with one attached hydrogen (secondary N) is 1. The Bertz CT molecular complexity index is 859. The fourth-order valence-electron chi connectivity index (χ4n) is 3.30. The molecule has 0 aliphatic carbocycles. The quantitative estimate of drug-likeness (QED) is 0.796. The van der Waals surface area contributed by atoms with Gasteiger partial charge in [0.15, 0.2) is 0 Å². The van der Waals surface area contributed by atoms with Gasteiger partial charge in [0.2, 0.25) is 0 Å². The van der Waals surface area contributed by atoms with E-state index in [1.54, 1.807) is 31.3 Å². The van der Waals surface area contributed by atoms with Crippen molar-refractivity contribution in [2.45, 2.75) is 12.7 Å². The number of hydrogen-bond donors (Lipinski definition) is 1. The average molecular weight is 423 g/mol. The number of alkyl halides is 3. The molecule has 0 atom stereocenters. The molecule has 3 rings (SSSR count). The molecular weight excluding hydrogens is 399 g/mol. The summed E-state index contributed by atoms with van der Waals surface area (Å²) in [4.78, 5) is 16.0. The van der Waals surface area contributed by atoms with E-state index in [2.05, 4.69) is 5.32 Å². The number of rotatable bonds is 5. The standard InChI is InChI=1S/C21H24F3N3O3/c1-29-18-10-15(11-19(13-18)30-2)14-25-20(28)27-8-6-26(7-9-27)17-5-3-4-16(12-17)21(22,23)24/h3-5,10-13H,6-9,14H2,1-2H3,(H,25,28). The number of halogens is 3. The third-order valence-corrected chi connectivity index (χ3v) is 4.96. The van der Waals surface area contributed by atoms with E-state index in [4.69, 9.17) is 9.47 Å². The predicted octanol–water partition coefficient (Wildman–Crippen LogP) is 3.75. The second kappa shape index (κ2) is 9.15. The van der Waals surface area contributed by atoms with Gasteiger partial charge in [-0.05, 0) is 35.9 Å². The smallest absolute Gasteiger partial charge is 0.416 e. The Balaban J connectivity index is 1.55. The van der Waals surface area contributed by atoms with Crippen molar-refractivity contribution in [3.63, 3.8) is 0 Å². The minimum Gasteiger partial charge on any atom is -0.497 e. The second-order valence-corrected chi connectivity index (χ2v) is 6.90. The molecule has 162 valence electrons. The van der Waals surface area contributed by atoms with Gasteiger partial charge in [0.25, 0.3) is 0 Å². The minimum absolute atomic E-state index is 0.222. The first-order valence-electron chi connectivity index (χ1n) is 9.47. The van der Waals surface area contributed by atoms with E-state index in [0.717, 1.165) is 17.7 Å². The summed E-state index contributed by atoms with van der Waals surface area (Å²) in [5, 5.41) is 2.86. The Hall–Kier alpha value is -3.10. The molecule has 1 aliphatic heterocycles. The highest BCUT2D eigenvalue weighted by Crippen LogP contribution is 2.32. The normalized spacial score (nSPS) is 14.4. The lowest BCUT2D eigenvalue weighted by Crippen LogP contribution is -2.51. The molecule has 1 N–H and O–H groups in total. The summed E-state index contributed by atoms with van der Waals surface area (Å²) in [5.74, 6) is 1.27. The number of nitrogens with zero attached hydrogens (tertiary/aromatic N) is 2. The number of methoxy groups -OCH3 is 2. The van der Waals surface area contributed by atoms with Crippen molar-refractivity contribution >= 4 is 11.7 Å². The van der Waals surface area contributed by atoms with Crippen molar-refractivity contribution in [1.82, 2.24) is 10.2 Å². The third-order valence-electron chi connectivity index (χ3n) is 4.96. The molecule has 2 amide bonds. The van der Waals surface area contributed by atoms with Crippen molar-refractivity contribution in [3.05, 3.63) is 53.6 Å². The summed E-state index contributed by atoms with van der Waals surface area (Å²) in [5.41, 5.74) is 0.671. The Labute approximate surface area is 173 Å². The minimum atomic E-state index is -4.37. The van der Waals surface area contributed by atoms with E-state index in [-0.39, 0.29) is 6.03 Å². The molecule has 1 aliphatic rings. The van der Waals surface area contributed by atoms with Gasteiger partial charge in [-0.25, -0.2) is 4.79 Å². The van der Waals surface area contributed by atoms with Gasteiger partial charge in [0.1, 0.15) is 11.5 Å². The van der Waals surface area contributed by atoms with Crippen LogP contribution >= 0.6 is 0 Å². The molecule has 0 radical (unpaired) electrons. The van der Waals surface area contributed by atoms with Crippen LogP contribution in [0, 0.1) is 0 Å². The van der Waals surface area contributed by atoms with Crippen LogP contribution in [-0.2, 0) is 12.7 Å². The van der Waals surface area contributed by atoms with Crippen LogP contribution in [0.5, 0.6) is 11.5 Å². The highest BCUT2D eigenvalue weighted by atomic mass is 19.4. The van der Waals surface area contributed by atoms with Crippen LogP contribution in [0.25, 0.3) is 0 Å². The maximum Gasteiger partial charge on any atom is 0.416 e. The summed E-state index contributed by atoms with van der Waals surface area (Å²) >= 11 is 0. The molecule has 0 unspecified atom stereocenters. The number of anilines is 1. The fraction of sp³-hybridized carbons (Fsp3) is 0.381. The molecule has 1 saturated heterocycles. The number of carbonyl (C=O) groups excluding carboxylic acids is 1. The van der Waals surface area contributed by atoms with Gasteiger partial charge >= 0.3 is 12.2 Å². The number of benzene rings is 2. The zero-order chi connectivity index (χ0) is 21.7. The predicted molar refractivity (Wildman–Crippen MR) is 107 cm³/mol. The van der Waals surface area contributed by atoms with Crippen LogP contribution in [0.4, 0.5) is 23.7 Å². The molecule has 6 nitrogen and oxygen atoms in total. The monoisotopic (exact) mass is 423 g/mol. The summed E-state index contributed by atoms with van der Waals surface area (Å²) in [6, 6.07) is 10.4. The van der Waals surface area contributed by atoms with Gasteiger partial charge in [-0.15, -0.1) is 0 Å². The molecule has 1 fully saturated rings. The number of urea groups is 1. The number of ether oxygens (including phenoxy) is 2. The topological polar surface area (TPSA) is 54.0 Å².